The molecule has 0 aliphatic heterocycles. The molecule has 13 rings (SSSR count). The standard InChI is InChI=1S/C58H38N4/c1-3-17-43(18-4-1)61-55-24-10-9-23-51(55)52-36-48(27-30-56(52)61)60-46-22-12-16-42(35-46)41-15-11-21-45(34-41)59(47-26-25-39-13-7-8-14-40(39)33-47)49-28-31-57-53(37-49)54-38-50(60)29-32-58(54)62(57)44-19-5-2-6-20-44/h1-38H. The van der Waals surface area contributed by atoms with Gasteiger partial charge in [0, 0.05) is 66.4 Å². The minimum Gasteiger partial charge on any atom is -0.310 e. The predicted octanol–water partition coefficient (Wildman–Crippen LogP) is 15.2. The second-order valence-electron chi connectivity index (χ2n) is 16.3. The van der Waals surface area contributed by atoms with E-state index >= 15 is 0 Å². The fraction of sp³-hybridized carbons (Fsp3) is 0. The molecule has 0 fully saturated rings. The van der Waals surface area contributed by atoms with Crippen molar-refractivity contribution < 1.29 is 0 Å². The molecule has 0 aliphatic carbocycles. The van der Waals surface area contributed by atoms with Gasteiger partial charge in [0.1, 0.15) is 0 Å². The molecule has 0 saturated heterocycles. The summed E-state index contributed by atoms with van der Waals surface area (Å²) < 4.78 is 9.64. The maximum Gasteiger partial charge on any atom is 0.0542 e. The van der Waals surface area contributed by atoms with E-state index in [1.165, 1.54) is 43.4 Å². The van der Waals surface area contributed by atoms with E-state index in [-0.39, 0.29) is 0 Å². The quantitative estimate of drug-likeness (QED) is 0.169. The zero-order chi connectivity index (χ0) is 40.7. The number of nitrogens with zero attached hydrogens (tertiary/aromatic N) is 4. The summed E-state index contributed by atoms with van der Waals surface area (Å²) in [6.07, 6.45) is 0. The van der Waals surface area contributed by atoms with Crippen molar-refractivity contribution in [1.29, 1.82) is 0 Å². The van der Waals surface area contributed by atoms with Crippen LogP contribution in [0, 0.1) is 0 Å². The largest absolute Gasteiger partial charge is 0.310 e. The van der Waals surface area contributed by atoms with Crippen LogP contribution in [0.25, 0.3) is 110 Å². The molecule has 10 aromatic carbocycles. The molecule has 0 spiro atoms. The van der Waals surface area contributed by atoms with Gasteiger partial charge in [-0.2, -0.15) is 0 Å². The number of benzene rings is 10. The Morgan fingerprint density at radius 2 is 0.613 bits per heavy atom. The molecule has 0 unspecified atom stereocenters. The van der Waals surface area contributed by atoms with E-state index in [0.717, 1.165) is 66.6 Å². The number of para-hydroxylation sites is 3. The Labute approximate surface area is 357 Å². The first-order valence-electron chi connectivity index (χ1n) is 21.3. The number of rotatable bonds is 4. The molecule has 8 bridgehead atoms. The maximum absolute atomic E-state index is 2.43. The van der Waals surface area contributed by atoms with Crippen LogP contribution in [-0.2, 0) is 0 Å². The second-order valence-corrected chi connectivity index (χ2v) is 16.3. The topological polar surface area (TPSA) is 19.7 Å². The van der Waals surface area contributed by atoms with E-state index in [1.54, 1.807) is 0 Å². The lowest BCUT2D eigenvalue weighted by atomic mass is 10.1. The Balaban J connectivity index is 1.18. The van der Waals surface area contributed by atoms with Crippen molar-refractivity contribution in [1.82, 2.24) is 18.3 Å². The zero-order valence-corrected chi connectivity index (χ0v) is 33.7. The van der Waals surface area contributed by atoms with E-state index in [1.807, 2.05) is 0 Å². The van der Waals surface area contributed by atoms with E-state index in [2.05, 4.69) is 249 Å². The van der Waals surface area contributed by atoms with Gasteiger partial charge < -0.3 is 18.3 Å². The average Bonchev–Trinajstić information content (AvgIpc) is 3.84. The van der Waals surface area contributed by atoms with Crippen molar-refractivity contribution in [3.8, 4) is 22.7 Å². The van der Waals surface area contributed by atoms with Crippen LogP contribution < -0.4 is 0 Å². The summed E-state index contributed by atoms with van der Waals surface area (Å²) in [6.45, 7) is 0. The van der Waals surface area contributed by atoms with Crippen LogP contribution in [0.3, 0.4) is 0 Å². The highest BCUT2D eigenvalue weighted by Crippen LogP contribution is 2.38. The van der Waals surface area contributed by atoms with Gasteiger partial charge in [-0.15, -0.1) is 0 Å². The Hall–Kier alpha value is -8.34. The average molecular weight is 791 g/mol. The molecule has 3 heterocycles. The first-order valence-corrected chi connectivity index (χ1v) is 21.3. The molecule has 4 heteroatoms. The fourth-order valence-corrected chi connectivity index (χ4v) is 9.95. The zero-order valence-electron chi connectivity index (χ0n) is 33.7. The maximum atomic E-state index is 2.43. The lowest BCUT2D eigenvalue weighted by Crippen LogP contribution is -1.98. The number of fused-ring (bicyclic) bond motifs is 11. The summed E-state index contributed by atoms with van der Waals surface area (Å²) in [7, 11) is 0. The summed E-state index contributed by atoms with van der Waals surface area (Å²) in [4.78, 5) is 0. The number of hydrogen-bond donors (Lipinski definition) is 0. The normalized spacial score (nSPS) is 11.9. The molecule has 3 aromatic heterocycles. The van der Waals surface area contributed by atoms with E-state index in [0.29, 0.717) is 0 Å². The highest BCUT2D eigenvalue weighted by atomic mass is 15.0. The molecule has 0 amide bonds. The molecule has 0 N–H and O–H groups in total. The molecular weight excluding hydrogens is 753 g/mol. The Morgan fingerprint density at radius 3 is 1.23 bits per heavy atom. The van der Waals surface area contributed by atoms with Gasteiger partial charge in [0.2, 0.25) is 0 Å². The fourth-order valence-electron chi connectivity index (χ4n) is 9.95. The van der Waals surface area contributed by atoms with Gasteiger partial charge in [-0.25, -0.2) is 0 Å². The highest BCUT2D eigenvalue weighted by molar-refractivity contribution is 6.13. The number of hydrogen-bond acceptors (Lipinski definition) is 0. The van der Waals surface area contributed by atoms with Crippen LogP contribution >= 0.6 is 0 Å². The van der Waals surface area contributed by atoms with Crippen LogP contribution in [0.4, 0.5) is 0 Å². The summed E-state index contributed by atoms with van der Waals surface area (Å²) in [5.41, 5.74) is 13.6. The van der Waals surface area contributed by atoms with Crippen molar-refractivity contribution in [3.05, 3.63) is 231 Å². The monoisotopic (exact) mass is 790 g/mol. The van der Waals surface area contributed by atoms with Gasteiger partial charge in [-0.05, 0) is 143 Å². The van der Waals surface area contributed by atoms with Crippen LogP contribution in [0.5, 0.6) is 0 Å². The van der Waals surface area contributed by atoms with Gasteiger partial charge in [-0.1, -0.05) is 109 Å². The Morgan fingerprint density at radius 1 is 0.194 bits per heavy atom. The molecule has 4 nitrogen and oxygen atoms in total. The second kappa shape index (κ2) is 13.6. The molecule has 0 atom stereocenters. The molecule has 0 saturated carbocycles. The van der Waals surface area contributed by atoms with Crippen molar-refractivity contribution in [2.75, 3.05) is 0 Å². The van der Waals surface area contributed by atoms with Gasteiger partial charge in [0.15, 0.2) is 0 Å². The van der Waals surface area contributed by atoms with Crippen molar-refractivity contribution in [2.24, 2.45) is 0 Å². The van der Waals surface area contributed by atoms with Gasteiger partial charge >= 0.3 is 0 Å². The highest BCUT2D eigenvalue weighted by Gasteiger charge is 2.17. The first kappa shape index (κ1) is 34.5. The van der Waals surface area contributed by atoms with E-state index in [9.17, 15) is 0 Å². The molecule has 0 aliphatic rings. The van der Waals surface area contributed by atoms with Crippen molar-refractivity contribution in [3.63, 3.8) is 0 Å². The van der Waals surface area contributed by atoms with Crippen LogP contribution in [0.2, 0.25) is 0 Å². The third kappa shape index (κ3) is 5.33. The molecule has 62 heavy (non-hydrogen) atoms. The third-order valence-corrected chi connectivity index (χ3v) is 12.7. The summed E-state index contributed by atoms with van der Waals surface area (Å²) >= 11 is 0. The van der Waals surface area contributed by atoms with Gasteiger partial charge in [-0.3, -0.25) is 0 Å². The van der Waals surface area contributed by atoms with Gasteiger partial charge in [0.05, 0.1) is 22.1 Å². The SMILES string of the molecule is c1ccc(-n2c3ccccc3c3cc(-n4c5cccc(c5)c5cccc(c5)n(-c5ccc6ccccc6c5)c5ccc6c(c5)c5cc4ccc5n6-c4ccccc4)ccc32)cc1. The Kier molecular flexibility index (Phi) is 7.57. The van der Waals surface area contributed by atoms with E-state index < -0.39 is 0 Å². The molecule has 0 radical (unpaired) electrons. The predicted molar refractivity (Wildman–Crippen MR) is 261 cm³/mol. The van der Waals surface area contributed by atoms with Crippen molar-refractivity contribution >= 4 is 87.2 Å². The summed E-state index contributed by atoms with van der Waals surface area (Å²) in [6, 6.07) is 84.6. The summed E-state index contributed by atoms with van der Waals surface area (Å²) in [5.74, 6) is 0. The van der Waals surface area contributed by atoms with E-state index in [4.69, 9.17) is 0 Å². The summed E-state index contributed by atoms with van der Waals surface area (Å²) in [5, 5.41) is 9.56. The smallest absolute Gasteiger partial charge is 0.0542 e. The van der Waals surface area contributed by atoms with Gasteiger partial charge in [0.25, 0.3) is 0 Å². The van der Waals surface area contributed by atoms with Crippen LogP contribution in [0.1, 0.15) is 0 Å². The van der Waals surface area contributed by atoms with Crippen LogP contribution in [-0.4, -0.2) is 18.3 Å². The minimum absolute atomic E-state index is 1.09. The number of aromatic nitrogens is 4. The molecular formula is C58H38N4. The lowest BCUT2D eigenvalue weighted by Gasteiger charge is -2.14. The molecule has 13 aromatic rings. The van der Waals surface area contributed by atoms with Crippen LogP contribution in [0.15, 0.2) is 231 Å². The third-order valence-electron chi connectivity index (χ3n) is 12.7. The van der Waals surface area contributed by atoms with Crippen molar-refractivity contribution in [2.45, 2.75) is 0 Å². The lowest BCUT2D eigenvalue weighted by molar-refractivity contribution is 1.15. The Bertz CT molecular complexity index is 3970. The molecule has 290 valence electrons. The first-order chi connectivity index (χ1) is 30.7. The minimum atomic E-state index is 1.09.